The van der Waals surface area contributed by atoms with Crippen LogP contribution in [-0.2, 0) is 10.0 Å². The lowest BCUT2D eigenvalue weighted by Gasteiger charge is -2.17. The quantitative estimate of drug-likeness (QED) is 0.932. The Morgan fingerprint density at radius 3 is 2.64 bits per heavy atom. The van der Waals surface area contributed by atoms with Crippen molar-refractivity contribution in [3.8, 4) is 0 Å². The number of nitrogens with one attached hydrogen (secondary N) is 1. The third-order valence-corrected chi connectivity index (χ3v) is 5.14. The molecule has 1 aliphatic heterocycles. The zero-order valence-corrected chi connectivity index (χ0v) is 12.6. The standard InChI is InChI=1S/C15H16FN3O2S/c16-12-4-6-14(7-5-12)22(20,21)18-13-8-10-19(11-13)15-3-1-2-9-17-15/h1-7,9,13,18H,8,10-11H2. The molecule has 0 saturated carbocycles. The second-order valence-electron chi connectivity index (χ2n) is 5.19. The SMILES string of the molecule is O=S(=O)(NC1CCN(c2ccccn2)C1)c1ccc(F)cc1. The number of benzene rings is 1. The molecule has 1 fully saturated rings. The van der Waals surface area contributed by atoms with Crippen molar-refractivity contribution < 1.29 is 12.8 Å². The molecule has 5 nitrogen and oxygen atoms in total. The largest absolute Gasteiger partial charge is 0.355 e. The van der Waals surface area contributed by atoms with Crippen molar-refractivity contribution >= 4 is 15.8 Å². The maximum Gasteiger partial charge on any atom is 0.240 e. The summed E-state index contributed by atoms with van der Waals surface area (Å²) in [7, 11) is -3.63. The van der Waals surface area contributed by atoms with Crippen LogP contribution in [0.25, 0.3) is 0 Å². The number of pyridine rings is 1. The van der Waals surface area contributed by atoms with Crippen LogP contribution in [0.3, 0.4) is 0 Å². The Balaban J connectivity index is 1.68. The van der Waals surface area contributed by atoms with Crippen molar-refractivity contribution in [2.24, 2.45) is 0 Å². The average molecular weight is 321 g/mol. The van der Waals surface area contributed by atoms with Gasteiger partial charge in [-0.15, -0.1) is 0 Å². The van der Waals surface area contributed by atoms with E-state index in [2.05, 4.69) is 9.71 Å². The minimum atomic E-state index is -3.63. The zero-order valence-electron chi connectivity index (χ0n) is 11.8. The van der Waals surface area contributed by atoms with Gasteiger partial charge < -0.3 is 4.90 Å². The molecule has 0 amide bonds. The van der Waals surface area contributed by atoms with Crippen LogP contribution in [0.2, 0.25) is 0 Å². The summed E-state index contributed by atoms with van der Waals surface area (Å²) in [6, 6.07) is 10.3. The van der Waals surface area contributed by atoms with Gasteiger partial charge in [0.1, 0.15) is 11.6 Å². The Labute approximate surface area is 128 Å². The van der Waals surface area contributed by atoms with E-state index in [1.54, 1.807) is 6.20 Å². The number of anilines is 1. The van der Waals surface area contributed by atoms with Gasteiger partial charge in [0.15, 0.2) is 0 Å². The molecular formula is C15H16FN3O2S. The molecule has 0 radical (unpaired) electrons. The Hall–Kier alpha value is -1.99. The molecule has 2 aromatic rings. The summed E-state index contributed by atoms with van der Waals surface area (Å²) in [6.07, 6.45) is 2.42. The van der Waals surface area contributed by atoms with Gasteiger partial charge in [-0.2, -0.15) is 0 Å². The average Bonchev–Trinajstić information content (AvgIpc) is 2.96. The molecule has 1 N–H and O–H groups in total. The van der Waals surface area contributed by atoms with Gasteiger partial charge in [-0.3, -0.25) is 0 Å². The third kappa shape index (κ3) is 3.26. The summed E-state index contributed by atoms with van der Waals surface area (Å²) in [4.78, 5) is 6.38. The van der Waals surface area contributed by atoms with Gasteiger partial charge in [-0.05, 0) is 42.8 Å². The summed E-state index contributed by atoms with van der Waals surface area (Å²) < 4.78 is 40.1. The van der Waals surface area contributed by atoms with Crippen LogP contribution < -0.4 is 9.62 Å². The minimum Gasteiger partial charge on any atom is -0.355 e. The maximum absolute atomic E-state index is 12.9. The van der Waals surface area contributed by atoms with Gasteiger partial charge in [0, 0.05) is 25.3 Å². The molecule has 1 atom stereocenters. The molecule has 1 aliphatic rings. The Morgan fingerprint density at radius 2 is 1.95 bits per heavy atom. The number of rotatable bonds is 4. The van der Waals surface area contributed by atoms with E-state index in [0.29, 0.717) is 13.0 Å². The number of hydrogen-bond acceptors (Lipinski definition) is 4. The third-order valence-electron chi connectivity index (χ3n) is 3.61. The highest BCUT2D eigenvalue weighted by molar-refractivity contribution is 7.89. The van der Waals surface area contributed by atoms with Gasteiger partial charge in [-0.1, -0.05) is 6.07 Å². The van der Waals surface area contributed by atoms with E-state index in [-0.39, 0.29) is 10.9 Å². The summed E-state index contributed by atoms with van der Waals surface area (Å²) >= 11 is 0. The lowest BCUT2D eigenvalue weighted by Crippen LogP contribution is -2.37. The monoisotopic (exact) mass is 321 g/mol. The highest BCUT2D eigenvalue weighted by Crippen LogP contribution is 2.19. The highest BCUT2D eigenvalue weighted by atomic mass is 32.2. The maximum atomic E-state index is 12.9. The van der Waals surface area contributed by atoms with Crippen molar-refractivity contribution in [1.82, 2.24) is 9.71 Å². The summed E-state index contributed by atoms with van der Waals surface area (Å²) in [5.74, 6) is 0.382. The Bertz CT molecular complexity index is 735. The van der Waals surface area contributed by atoms with Crippen LogP contribution in [0.15, 0.2) is 53.6 Å². The topological polar surface area (TPSA) is 62.3 Å². The summed E-state index contributed by atoms with van der Waals surface area (Å²) in [5.41, 5.74) is 0. The van der Waals surface area contributed by atoms with Gasteiger partial charge in [0.2, 0.25) is 10.0 Å². The van der Waals surface area contributed by atoms with Gasteiger partial charge in [0.05, 0.1) is 4.90 Å². The molecule has 116 valence electrons. The predicted octanol–water partition coefficient (Wildman–Crippen LogP) is 1.78. The molecule has 7 heteroatoms. The van der Waals surface area contributed by atoms with E-state index in [1.165, 1.54) is 12.1 Å². The fourth-order valence-corrected chi connectivity index (χ4v) is 3.77. The second kappa shape index (κ2) is 6.02. The highest BCUT2D eigenvalue weighted by Gasteiger charge is 2.27. The van der Waals surface area contributed by atoms with Crippen LogP contribution in [0.1, 0.15) is 6.42 Å². The van der Waals surface area contributed by atoms with Gasteiger partial charge in [-0.25, -0.2) is 22.5 Å². The van der Waals surface area contributed by atoms with E-state index < -0.39 is 15.8 Å². The molecule has 22 heavy (non-hydrogen) atoms. The smallest absolute Gasteiger partial charge is 0.240 e. The first-order valence-corrected chi connectivity index (χ1v) is 8.47. The molecule has 1 aromatic heterocycles. The van der Waals surface area contributed by atoms with Crippen LogP contribution in [0, 0.1) is 5.82 Å². The molecule has 1 aromatic carbocycles. The molecule has 0 bridgehead atoms. The summed E-state index contributed by atoms with van der Waals surface area (Å²) in [5, 5.41) is 0. The molecule has 0 aliphatic carbocycles. The van der Waals surface area contributed by atoms with Crippen molar-refractivity contribution in [3.05, 3.63) is 54.5 Å². The normalized spacial score (nSPS) is 18.6. The van der Waals surface area contributed by atoms with Crippen LogP contribution >= 0.6 is 0 Å². The fraction of sp³-hybridized carbons (Fsp3) is 0.267. The Morgan fingerprint density at radius 1 is 1.18 bits per heavy atom. The first kappa shape index (κ1) is 14.9. The van der Waals surface area contributed by atoms with Crippen molar-refractivity contribution in [1.29, 1.82) is 0 Å². The van der Waals surface area contributed by atoms with E-state index in [0.717, 1.165) is 24.5 Å². The second-order valence-corrected chi connectivity index (χ2v) is 6.91. The number of hydrogen-bond donors (Lipinski definition) is 1. The summed E-state index contributed by atoms with van der Waals surface area (Å²) in [6.45, 7) is 1.31. The number of aromatic nitrogens is 1. The van der Waals surface area contributed by atoms with Crippen molar-refractivity contribution in [2.75, 3.05) is 18.0 Å². The molecule has 2 heterocycles. The van der Waals surface area contributed by atoms with Crippen molar-refractivity contribution in [2.45, 2.75) is 17.4 Å². The van der Waals surface area contributed by atoms with Crippen LogP contribution in [-0.4, -0.2) is 32.5 Å². The molecule has 1 saturated heterocycles. The zero-order chi connectivity index (χ0) is 15.6. The lowest BCUT2D eigenvalue weighted by molar-refractivity contribution is 0.560. The van der Waals surface area contributed by atoms with E-state index in [9.17, 15) is 12.8 Å². The van der Waals surface area contributed by atoms with E-state index >= 15 is 0 Å². The number of halogens is 1. The predicted molar refractivity (Wildman–Crippen MR) is 81.6 cm³/mol. The van der Waals surface area contributed by atoms with E-state index in [1.807, 2.05) is 23.1 Å². The van der Waals surface area contributed by atoms with Crippen LogP contribution in [0.5, 0.6) is 0 Å². The van der Waals surface area contributed by atoms with Crippen molar-refractivity contribution in [3.63, 3.8) is 0 Å². The van der Waals surface area contributed by atoms with E-state index in [4.69, 9.17) is 0 Å². The minimum absolute atomic E-state index is 0.0742. The number of nitrogens with zero attached hydrogens (tertiary/aromatic N) is 2. The Kier molecular flexibility index (Phi) is 4.08. The van der Waals surface area contributed by atoms with Gasteiger partial charge in [0.25, 0.3) is 0 Å². The lowest BCUT2D eigenvalue weighted by atomic mass is 10.3. The van der Waals surface area contributed by atoms with Crippen LogP contribution in [0.4, 0.5) is 10.2 Å². The molecular weight excluding hydrogens is 305 g/mol. The van der Waals surface area contributed by atoms with Gasteiger partial charge >= 0.3 is 0 Å². The number of sulfonamides is 1. The molecule has 1 unspecified atom stereocenters. The molecule has 3 rings (SSSR count). The first-order chi connectivity index (χ1) is 10.5. The first-order valence-electron chi connectivity index (χ1n) is 6.98. The fourth-order valence-electron chi connectivity index (χ4n) is 2.51. The molecule has 0 spiro atoms.